The van der Waals surface area contributed by atoms with Crippen molar-refractivity contribution in [2.75, 3.05) is 19.7 Å². The van der Waals surface area contributed by atoms with E-state index in [1.54, 1.807) is 4.90 Å². The summed E-state index contributed by atoms with van der Waals surface area (Å²) in [7, 11) is 0. The van der Waals surface area contributed by atoms with Crippen LogP contribution in [0.5, 0.6) is 0 Å². The van der Waals surface area contributed by atoms with E-state index >= 15 is 0 Å². The fourth-order valence-electron chi connectivity index (χ4n) is 1.85. The van der Waals surface area contributed by atoms with Crippen molar-refractivity contribution in [1.82, 2.24) is 10.2 Å². The number of hydrogen-bond acceptors (Lipinski definition) is 3. The molecule has 1 fully saturated rings. The first-order valence-electron chi connectivity index (χ1n) is 5.55. The molecule has 0 bridgehead atoms. The van der Waals surface area contributed by atoms with Gasteiger partial charge in [-0.2, -0.15) is 0 Å². The third-order valence-electron chi connectivity index (χ3n) is 2.72. The molecule has 2 N–H and O–H groups in total. The van der Waals surface area contributed by atoms with E-state index in [9.17, 15) is 9.59 Å². The minimum absolute atomic E-state index is 0.0247. The number of hydrogen-bond donors (Lipinski definition) is 2. The maximum Gasteiger partial charge on any atom is 0.225 e. The number of nitrogens with zero attached hydrogens (tertiary/aromatic N) is 1. The van der Waals surface area contributed by atoms with Crippen molar-refractivity contribution in [1.29, 1.82) is 0 Å². The summed E-state index contributed by atoms with van der Waals surface area (Å²) in [5, 5.41) is 11.2. The highest BCUT2D eigenvalue weighted by atomic mass is 16.3. The molecular formula is C11H20N2O3. The van der Waals surface area contributed by atoms with Crippen LogP contribution in [0.2, 0.25) is 0 Å². The van der Waals surface area contributed by atoms with E-state index in [2.05, 4.69) is 5.32 Å². The Morgan fingerprint density at radius 1 is 1.56 bits per heavy atom. The maximum atomic E-state index is 11.7. The maximum absolute atomic E-state index is 11.7. The molecule has 1 saturated heterocycles. The molecule has 2 amide bonds. The molecule has 5 nitrogen and oxygen atoms in total. The van der Waals surface area contributed by atoms with Gasteiger partial charge >= 0.3 is 0 Å². The van der Waals surface area contributed by atoms with Gasteiger partial charge in [0, 0.05) is 25.0 Å². The van der Waals surface area contributed by atoms with E-state index in [0.717, 1.165) is 0 Å². The van der Waals surface area contributed by atoms with Crippen LogP contribution >= 0.6 is 0 Å². The van der Waals surface area contributed by atoms with Crippen LogP contribution in [0, 0.1) is 5.92 Å². The monoisotopic (exact) mass is 228 g/mol. The average Bonchev–Trinajstić information content (AvgIpc) is 2.56. The first kappa shape index (κ1) is 13.0. The summed E-state index contributed by atoms with van der Waals surface area (Å²) in [6.45, 7) is 6.52. The SMILES string of the molecule is CC(C)(C)N1CC(C(=O)NCCO)CC1=O. The molecule has 0 aromatic heterocycles. The molecule has 1 unspecified atom stereocenters. The Balaban J connectivity index is 2.56. The fourth-order valence-corrected chi connectivity index (χ4v) is 1.85. The van der Waals surface area contributed by atoms with Crippen LogP contribution in [0.25, 0.3) is 0 Å². The Hall–Kier alpha value is -1.10. The van der Waals surface area contributed by atoms with Gasteiger partial charge in [0.15, 0.2) is 0 Å². The van der Waals surface area contributed by atoms with E-state index in [1.807, 2.05) is 20.8 Å². The third kappa shape index (κ3) is 2.95. The predicted octanol–water partition coefficient (Wildman–Crippen LogP) is -0.258. The quantitative estimate of drug-likeness (QED) is 0.699. The Morgan fingerprint density at radius 3 is 2.62 bits per heavy atom. The Morgan fingerprint density at radius 2 is 2.19 bits per heavy atom. The highest BCUT2D eigenvalue weighted by Crippen LogP contribution is 2.25. The molecule has 1 aliphatic heterocycles. The van der Waals surface area contributed by atoms with Crippen LogP contribution in [0.4, 0.5) is 0 Å². The van der Waals surface area contributed by atoms with Crippen LogP contribution in [-0.2, 0) is 9.59 Å². The summed E-state index contributed by atoms with van der Waals surface area (Å²) in [5.41, 5.74) is -0.233. The molecule has 1 rings (SSSR count). The van der Waals surface area contributed by atoms with Gasteiger partial charge in [0.2, 0.25) is 11.8 Å². The first-order valence-corrected chi connectivity index (χ1v) is 5.55. The molecule has 1 aliphatic rings. The lowest BCUT2D eigenvalue weighted by Crippen LogP contribution is -2.43. The molecule has 5 heteroatoms. The standard InChI is InChI=1S/C11H20N2O3/c1-11(2,3)13-7-8(6-9(13)15)10(16)12-4-5-14/h8,14H,4-7H2,1-3H3,(H,12,16). The topological polar surface area (TPSA) is 69.6 Å². The van der Waals surface area contributed by atoms with Gasteiger partial charge in [0.05, 0.1) is 12.5 Å². The van der Waals surface area contributed by atoms with Crippen LogP contribution in [0.15, 0.2) is 0 Å². The van der Waals surface area contributed by atoms with Gasteiger partial charge in [0.1, 0.15) is 0 Å². The number of amides is 2. The molecule has 0 aliphatic carbocycles. The highest BCUT2D eigenvalue weighted by molar-refractivity contribution is 5.89. The number of nitrogens with one attached hydrogen (secondary N) is 1. The minimum atomic E-state index is -0.279. The van der Waals surface area contributed by atoms with Crippen molar-refractivity contribution in [3.05, 3.63) is 0 Å². The molecule has 0 radical (unpaired) electrons. The summed E-state index contributed by atoms with van der Waals surface area (Å²) in [6, 6.07) is 0. The van der Waals surface area contributed by atoms with Gasteiger partial charge < -0.3 is 15.3 Å². The molecule has 16 heavy (non-hydrogen) atoms. The zero-order chi connectivity index (χ0) is 12.3. The Kier molecular flexibility index (Phi) is 3.91. The van der Waals surface area contributed by atoms with E-state index in [1.165, 1.54) is 0 Å². The normalized spacial score (nSPS) is 21.4. The largest absolute Gasteiger partial charge is 0.395 e. The van der Waals surface area contributed by atoms with Crippen LogP contribution in [0.3, 0.4) is 0 Å². The molecular weight excluding hydrogens is 208 g/mol. The second kappa shape index (κ2) is 4.82. The summed E-state index contributed by atoms with van der Waals surface area (Å²) in [6.07, 6.45) is 0.272. The molecule has 0 aromatic rings. The minimum Gasteiger partial charge on any atom is -0.395 e. The van der Waals surface area contributed by atoms with Crippen molar-refractivity contribution in [2.24, 2.45) is 5.92 Å². The molecule has 0 spiro atoms. The van der Waals surface area contributed by atoms with Gasteiger partial charge in [0.25, 0.3) is 0 Å². The second-order valence-electron chi connectivity index (χ2n) is 5.09. The fraction of sp³-hybridized carbons (Fsp3) is 0.818. The van der Waals surface area contributed by atoms with Crippen molar-refractivity contribution in [2.45, 2.75) is 32.7 Å². The Labute approximate surface area is 95.8 Å². The molecule has 1 heterocycles. The van der Waals surface area contributed by atoms with E-state index < -0.39 is 0 Å². The number of aliphatic hydroxyl groups excluding tert-OH is 1. The van der Waals surface area contributed by atoms with Crippen molar-refractivity contribution >= 4 is 11.8 Å². The third-order valence-corrected chi connectivity index (χ3v) is 2.72. The van der Waals surface area contributed by atoms with Gasteiger partial charge in [-0.3, -0.25) is 9.59 Å². The van der Waals surface area contributed by atoms with Gasteiger partial charge in [-0.25, -0.2) is 0 Å². The predicted molar refractivity (Wildman–Crippen MR) is 59.7 cm³/mol. The van der Waals surface area contributed by atoms with Crippen molar-refractivity contribution in [3.8, 4) is 0 Å². The van der Waals surface area contributed by atoms with Crippen molar-refractivity contribution < 1.29 is 14.7 Å². The first-order chi connectivity index (χ1) is 7.36. The average molecular weight is 228 g/mol. The van der Waals surface area contributed by atoms with Gasteiger partial charge in [-0.1, -0.05) is 0 Å². The molecule has 0 aromatic carbocycles. The molecule has 0 saturated carbocycles. The number of carbonyl (C=O) groups excluding carboxylic acids is 2. The van der Waals surface area contributed by atoms with Crippen LogP contribution in [0.1, 0.15) is 27.2 Å². The lowest BCUT2D eigenvalue weighted by molar-refractivity contribution is -0.132. The summed E-state index contributed by atoms with van der Waals surface area (Å²) < 4.78 is 0. The summed E-state index contributed by atoms with van der Waals surface area (Å²) >= 11 is 0. The van der Waals surface area contributed by atoms with Gasteiger partial charge in [-0.15, -0.1) is 0 Å². The summed E-state index contributed by atoms with van der Waals surface area (Å²) in [4.78, 5) is 25.1. The molecule has 1 atom stereocenters. The highest BCUT2D eigenvalue weighted by Gasteiger charge is 2.39. The molecule has 92 valence electrons. The van der Waals surface area contributed by atoms with E-state index in [-0.39, 0.29) is 42.8 Å². The number of likely N-dealkylation sites (tertiary alicyclic amines) is 1. The zero-order valence-corrected chi connectivity index (χ0v) is 10.1. The zero-order valence-electron chi connectivity index (χ0n) is 10.1. The van der Waals surface area contributed by atoms with E-state index in [4.69, 9.17) is 5.11 Å². The van der Waals surface area contributed by atoms with Crippen molar-refractivity contribution in [3.63, 3.8) is 0 Å². The van der Waals surface area contributed by atoms with E-state index in [0.29, 0.717) is 6.54 Å². The van der Waals surface area contributed by atoms with Gasteiger partial charge in [-0.05, 0) is 20.8 Å². The van der Waals surface area contributed by atoms with Crippen LogP contribution in [-0.4, -0.2) is 47.1 Å². The summed E-state index contributed by atoms with van der Waals surface area (Å²) in [5.74, 6) is -0.399. The van der Waals surface area contributed by atoms with Crippen LogP contribution < -0.4 is 5.32 Å². The Bertz CT molecular complexity index is 283. The lowest BCUT2D eigenvalue weighted by Gasteiger charge is -2.31. The second-order valence-corrected chi connectivity index (χ2v) is 5.09. The number of carbonyl (C=O) groups is 2. The smallest absolute Gasteiger partial charge is 0.225 e. The number of aliphatic hydroxyl groups is 1. The number of rotatable bonds is 3. The lowest BCUT2D eigenvalue weighted by atomic mass is 10.1.